The Bertz CT molecular complexity index is 900. The van der Waals surface area contributed by atoms with Crippen molar-refractivity contribution in [3.63, 3.8) is 0 Å². The van der Waals surface area contributed by atoms with Gasteiger partial charge in [-0.1, -0.05) is 30.9 Å². The van der Waals surface area contributed by atoms with Crippen LogP contribution in [0.3, 0.4) is 0 Å². The maximum atomic E-state index is 12.3. The summed E-state index contributed by atoms with van der Waals surface area (Å²) in [6.45, 7) is 2.42. The van der Waals surface area contributed by atoms with Gasteiger partial charge in [-0.2, -0.15) is 0 Å². The molecule has 2 N–H and O–H groups in total. The summed E-state index contributed by atoms with van der Waals surface area (Å²) in [6, 6.07) is 1.59. The van der Waals surface area contributed by atoms with E-state index in [0.29, 0.717) is 29.2 Å². The predicted molar refractivity (Wildman–Crippen MR) is 102 cm³/mol. The molecule has 0 atom stereocenters. The molecule has 1 aromatic heterocycles. The smallest absolute Gasteiger partial charge is 0.319 e. The minimum Gasteiger partial charge on any atom is -0.439 e. The van der Waals surface area contributed by atoms with Crippen molar-refractivity contribution in [2.75, 3.05) is 25.5 Å². The molecule has 2 fully saturated rings. The first-order valence-corrected chi connectivity index (χ1v) is 9.92. The van der Waals surface area contributed by atoms with E-state index in [1.165, 1.54) is 6.42 Å². The van der Waals surface area contributed by atoms with E-state index < -0.39 is 5.54 Å². The Balaban J connectivity index is 1.57. The summed E-state index contributed by atoms with van der Waals surface area (Å²) >= 11 is 6.53. The molecular weight excluding hydrogens is 368 g/mol. The van der Waals surface area contributed by atoms with Crippen molar-refractivity contribution in [2.45, 2.75) is 50.3 Å². The second-order valence-corrected chi connectivity index (χ2v) is 8.25. The third kappa shape index (κ3) is 2.80. The summed E-state index contributed by atoms with van der Waals surface area (Å²) in [5.41, 5.74) is 2.69. The third-order valence-corrected chi connectivity index (χ3v) is 6.37. The molecule has 5 rings (SSSR count). The fourth-order valence-corrected chi connectivity index (χ4v) is 4.92. The molecule has 2 aromatic rings. The topological polar surface area (TPSA) is 79.6 Å². The Labute approximate surface area is 162 Å². The number of hydrogen-bond acceptors (Lipinski definition) is 5. The lowest BCUT2D eigenvalue weighted by Crippen LogP contribution is -2.52. The summed E-state index contributed by atoms with van der Waals surface area (Å²) in [4.78, 5) is 19.2. The number of urea groups is 1. The van der Waals surface area contributed by atoms with E-state index in [9.17, 15) is 4.79 Å². The molecule has 7 nitrogen and oxygen atoms in total. The first kappa shape index (κ1) is 17.3. The van der Waals surface area contributed by atoms with Crippen molar-refractivity contribution in [3.05, 3.63) is 22.5 Å². The van der Waals surface area contributed by atoms with E-state index in [1.807, 2.05) is 0 Å². The standard InChI is InChI=1S/C19H23ClN4O3/c1-26-11-8-24(9-11)10-14-21-13-7-12(20)16-15(17(13)27-14)19(23-18(25)22-16)5-3-2-4-6-19/h7,11H,2-6,8-10H2,1H3,(H2,22,23,25). The van der Waals surface area contributed by atoms with Crippen molar-refractivity contribution in [2.24, 2.45) is 0 Å². The van der Waals surface area contributed by atoms with Gasteiger partial charge in [-0.3, -0.25) is 4.90 Å². The van der Waals surface area contributed by atoms with E-state index >= 15 is 0 Å². The first-order valence-electron chi connectivity index (χ1n) is 9.55. The van der Waals surface area contributed by atoms with E-state index in [-0.39, 0.29) is 6.03 Å². The zero-order chi connectivity index (χ0) is 18.6. The van der Waals surface area contributed by atoms with Crippen molar-refractivity contribution < 1.29 is 13.9 Å². The Morgan fingerprint density at radius 2 is 2.15 bits per heavy atom. The van der Waals surface area contributed by atoms with Crippen LogP contribution in [0.15, 0.2) is 10.5 Å². The number of fused-ring (bicyclic) bond motifs is 4. The summed E-state index contributed by atoms with van der Waals surface area (Å²) < 4.78 is 11.5. The molecule has 3 aliphatic rings. The molecule has 1 spiro atoms. The lowest BCUT2D eigenvalue weighted by molar-refractivity contribution is -0.0364. The highest BCUT2D eigenvalue weighted by Crippen LogP contribution is 2.48. The predicted octanol–water partition coefficient (Wildman–Crippen LogP) is 3.61. The van der Waals surface area contributed by atoms with Gasteiger partial charge in [0.25, 0.3) is 0 Å². The van der Waals surface area contributed by atoms with Gasteiger partial charge in [-0.25, -0.2) is 9.78 Å². The number of ether oxygens (including phenoxy) is 1. The van der Waals surface area contributed by atoms with Crippen LogP contribution in [-0.2, 0) is 16.8 Å². The van der Waals surface area contributed by atoms with Crippen molar-refractivity contribution in [1.29, 1.82) is 0 Å². The van der Waals surface area contributed by atoms with Crippen LogP contribution in [0.5, 0.6) is 0 Å². The van der Waals surface area contributed by atoms with Crippen LogP contribution in [0.2, 0.25) is 5.02 Å². The number of benzene rings is 1. The number of aromatic nitrogens is 1. The molecule has 144 valence electrons. The number of hydrogen-bond donors (Lipinski definition) is 2. The van der Waals surface area contributed by atoms with Crippen LogP contribution >= 0.6 is 11.6 Å². The minimum absolute atomic E-state index is 0.198. The average Bonchev–Trinajstić information content (AvgIpc) is 3.00. The highest BCUT2D eigenvalue weighted by atomic mass is 35.5. The molecule has 1 saturated heterocycles. The van der Waals surface area contributed by atoms with Crippen molar-refractivity contribution in [1.82, 2.24) is 15.2 Å². The van der Waals surface area contributed by atoms with Gasteiger partial charge >= 0.3 is 6.03 Å². The average molecular weight is 391 g/mol. The lowest BCUT2D eigenvalue weighted by atomic mass is 9.74. The largest absolute Gasteiger partial charge is 0.439 e. The fourth-order valence-electron chi connectivity index (χ4n) is 4.67. The fraction of sp³-hybridized carbons (Fsp3) is 0.579. The number of likely N-dealkylation sites (tertiary alicyclic amines) is 1. The number of anilines is 1. The van der Waals surface area contributed by atoms with Crippen molar-refractivity contribution >= 4 is 34.4 Å². The summed E-state index contributed by atoms with van der Waals surface area (Å²) in [5.74, 6) is 0.673. The monoisotopic (exact) mass is 390 g/mol. The maximum Gasteiger partial charge on any atom is 0.319 e. The molecule has 1 aromatic carbocycles. The Kier molecular flexibility index (Phi) is 4.07. The number of oxazole rings is 1. The molecule has 2 amide bonds. The van der Waals surface area contributed by atoms with Gasteiger partial charge in [0.15, 0.2) is 5.58 Å². The number of carbonyl (C=O) groups excluding carboxylic acids is 1. The molecule has 1 aliphatic carbocycles. The normalized spacial score (nSPS) is 22.4. The summed E-state index contributed by atoms with van der Waals surface area (Å²) in [7, 11) is 1.74. The Morgan fingerprint density at radius 1 is 1.37 bits per heavy atom. The molecule has 0 unspecified atom stereocenters. The van der Waals surface area contributed by atoms with Gasteiger partial charge < -0.3 is 19.8 Å². The molecule has 27 heavy (non-hydrogen) atoms. The summed E-state index contributed by atoms with van der Waals surface area (Å²) in [6.07, 6.45) is 5.39. The summed E-state index contributed by atoms with van der Waals surface area (Å²) in [5, 5.41) is 6.57. The van der Waals surface area contributed by atoms with Gasteiger partial charge in [0.05, 0.1) is 28.9 Å². The van der Waals surface area contributed by atoms with Gasteiger partial charge in [0, 0.05) is 25.8 Å². The third-order valence-electron chi connectivity index (χ3n) is 6.07. The molecule has 0 radical (unpaired) electrons. The second-order valence-electron chi connectivity index (χ2n) is 7.84. The van der Waals surface area contributed by atoms with Crippen LogP contribution in [0.25, 0.3) is 11.1 Å². The van der Waals surface area contributed by atoms with Crippen LogP contribution < -0.4 is 10.6 Å². The number of amides is 2. The number of rotatable bonds is 3. The molecule has 8 heteroatoms. The van der Waals surface area contributed by atoms with E-state index in [2.05, 4.69) is 20.5 Å². The van der Waals surface area contributed by atoms with Crippen LogP contribution in [0.4, 0.5) is 10.5 Å². The molecule has 2 aliphatic heterocycles. The lowest BCUT2D eigenvalue weighted by Gasteiger charge is -2.42. The van der Waals surface area contributed by atoms with E-state index in [4.69, 9.17) is 20.8 Å². The highest BCUT2D eigenvalue weighted by molar-refractivity contribution is 6.35. The van der Waals surface area contributed by atoms with Crippen LogP contribution in [0, 0.1) is 0 Å². The Morgan fingerprint density at radius 3 is 2.89 bits per heavy atom. The van der Waals surface area contributed by atoms with Crippen LogP contribution in [-0.4, -0.2) is 42.2 Å². The van der Waals surface area contributed by atoms with Gasteiger partial charge in [0.2, 0.25) is 5.89 Å². The van der Waals surface area contributed by atoms with Gasteiger partial charge in [-0.15, -0.1) is 0 Å². The first-order chi connectivity index (χ1) is 13.1. The highest BCUT2D eigenvalue weighted by Gasteiger charge is 2.44. The van der Waals surface area contributed by atoms with E-state index in [1.54, 1.807) is 13.2 Å². The number of halogens is 1. The number of nitrogens with zero attached hydrogens (tertiary/aromatic N) is 2. The number of carbonyl (C=O) groups is 1. The Hall–Kier alpha value is -1.83. The molecular formula is C19H23ClN4O3. The van der Waals surface area contributed by atoms with Gasteiger partial charge in [-0.05, 0) is 18.9 Å². The van der Waals surface area contributed by atoms with Crippen LogP contribution in [0.1, 0.15) is 43.6 Å². The zero-order valence-electron chi connectivity index (χ0n) is 15.3. The quantitative estimate of drug-likeness (QED) is 0.836. The van der Waals surface area contributed by atoms with Gasteiger partial charge in [0.1, 0.15) is 5.52 Å². The molecule has 0 bridgehead atoms. The zero-order valence-corrected chi connectivity index (χ0v) is 16.1. The number of nitrogens with one attached hydrogen (secondary N) is 2. The number of methoxy groups -OCH3 is 1. The molecule has 1 saturated carbocycles. The molecule has 3 heterocycles. The second kappa shape index (κ2) is 6.36. The SMILES string of the molecule is COC1CN(Cc2nc3cc(Cl)c4c(c3o2)C2(CCCCC2)NC(=O)N4)C1. The van der Waals surface area contributed by atoms with Crippen molar-refractivity contribution in [3.8, 4) is 0 Å². The maximum absolute atomic E-state index is 12.3. The van der Waals surface area contributed by atoms with E-state index in [0.717, 1.165) is 55.4 Å². The minimum atomic E-state index is -0.423.